The molecule has 5 rings (SSSR count). The molecule has 0 bridgehead atoms. The zero-order chi connectivity index (χ0) is 29.4. The Morgan fingerprint density at radius 2 is 1.37 bits per heavy atom. The van der Waals surface area contributed by atoms with E-state index in [1.165, 1.54) is 6.42 Å². The van der Waals surface area contributed by atoms with Gasteiger partial charge in [-0.2, -0.15) is 0 Å². The first-order valence-electron chi connectivity index (χ1n) is 14.5. The van der Waals surface area contributed by atoms with Gasteiger partial charge in [-0.25, -0.2) is 0 Å². The summed E-state index contributed by atoms with van der Waals surface area (Å²) in [4.78, 5) is 27.5. The monoisotopic (exact) mass is 559 g/mol. The van der Waals surface area contributed by atoms with Crippen LogP contribution in [0.1, 0.15) is 61.3 Å². The lowest BCUT2D eigenvalue weighted by atomic mass is 9.65. The molecule has 7 heteroatoms. The van der Waals surface area contributed by atoms with Crippen LogP contribution in [-0.2, 0) is 27.8 Å². The Morgan fingerprint density at radius 3 is 1.95 bits per heavy atom. The first-order chi connectivity index (χ1) is 19.9. The Labute approximate surface area is 243 Å². The van der Waals surface area contributed by atoms with Crippen molar-refractivity contribution in [2.24, 2.45) is 0 Å². The normalized spacial score (nSPS) is 18.4. The fourth-order valence-corrected chi connectivity index (χ4v) is 6.14. The molecule has 2 aliphatic rings. The third-order valence-corrected chi connectivity index (χ3v) is 8.17. The minimum atomic E-state index is -0.882. The van der Waals surface area contributed by atoms with E-state index >= 15 is 0 Å². The summed E-state index contributed by atoms with van der Waals surface area (Å²) in [5.41, 5.74) is 3.05. The second-order valence-electron chi connectivity index (χ2n) is 10.4. The molecule has 0 radical (unpaired) electrons. The van der Waals surface area contributed by atoms with Crippen LogP contribution in [0, 0.1) is 0 Å². The van der Waals surface area contributed by atoms with Gasteiger partial charge in [-0.1, -0.05) is 44.2 Å². The summed E-state index contributed by atoms with van der Waals surface area (Å²) in [7, 11) is 3.21. The van der Waals surface area contributed by atoms with Crippen LogP contribution in [0.2, 0.25) is 0 Å². The number of rotatable bonds is 9. The Morgan fingerprint density at radius 1 is 0.805 bits per heavy atom. The molecule has 0 saturated carbocycles. The standard InChI is InChI=1S/C32H35NO6.C2H6/c1-37-26-11-6-22(7-12-26)30(31(35)36)32(25-9-14-27(38-2)15-10-25)19-23-8-13-28(18-24(23)20-32)39-21-29(34)33-16-4-3-5-17-33;1-2/h6-15,18,30H,3-5,16-17,19-21H2,1-2H3,(H,35,36);1-2H3. The molecular formula is C34H41NO6. The molecule has 7 nitrogen and oxygen atoms in total. The maximum absolute atomic E-state index is 13.0. The summed E-state index contributed by atoms with van der Waals surface area (Å²) in [6, 6.07) is 20.9. The number of fused-ring (bicyclic) bond motifs is 1. The van der Waals surface area contributed by atoms with Crippen LogP contribution in [0.15, 0.2) is 66.7 Å². The molecule has 1 saturated heterocycles. The zero-order valence-electron chi connectivity index (χ0n) is 24.5. The van der Waals surface area contributed by atoms with Crippen molar-refractivity contribution in [3.63, 3.8) is 0 Å². The Kier molecular flexibility index (Phi) is 9.92. The van der Waals surface area contributed by atoms with Gasteiger partial charge in [0.05, 0.1) is 20.1 Å². The number of ether oxygens (including phenoxy) is 3. The molecule has 1 aliphatic carbocycles. The number of benzene rings is 3. The number of carbonyl (C=O) groups excluding carboxylic acids is 1. The van der Waals surface area contributed by atoms with Gasteiger partial charge in [0.15, 0.2) is 6.61 Å². The van der Waals surface area contributed by atoms with E-state index in [1.54, 1.807) is 26.4 Å². The molecular weight excluding hydrogens is 518 g/mol. The highest BCUT2D eigenvalue weighted by molar-refractivity contribution is 5.80. The molecule has 3 aromatic carbocycles. The lowest BCUT2D eigenvalue weighted by molar-refractivity contribution is -0.140. The minimum absolute atomic E-state index is 0.00596. The number of likely N-dealkylation sites (tertiary alicyclic amines) is 1. The zero-order valence-corrected chi connectivity index (χ0v) is 24.5. The third-order valence-electron chi connectivity index (χ3n) is 8.17. The van der Waals surface area contributed by atoms with Crippen molar-refractivity contribution in [2.75, 3.05) is 33.9 Å². The van der Waals surface area contributed by atoms with Gasteiger partial charge in [-0.15, -0.1) is 0 Å². The Balaban J connectivity index is 0.00000189. The summed E-state index contributed by atoms with van der Waals surface area (Å²) >= 11 is 0. The minimum Gasteiger partial charge on any atom is -0.497 e. The number of methoxy groups -OCH3 is 2. The SMILES string of the molecule is CC.COc1ccc(C(C(=O)O)C2(c3ccc(OC)cc3)Cc3ccc(OCC(=O)N4CCCCC4)cc3C2)cc1. The summed E-state index contributed by atoms with van der Waals surface area (Å²) in [6.07, 6.45) is 4.33. The van der Waals surface area contributed by atoms with Crippen LogP contribution in [0.25, 0.3) is 0 Å². The van der Waals surface area contributed by atoms with E-state index in [4.69, 9.17) is 14.2 Å². The van der Waals surface area contributed by atoms with Crippen molar-refractivity contribution < 1.29 is 28.9 Å². The molecule has 1 fully saturated rings. The van der Waals surface area contributed by atoms with Crippen LogP contribution in [-0.4, -0.2) is 55.8 Å². The average Bonchev–Trinajstić information content (AvgIpc) is 3.40. The molecule has 1 heterocycles. The molecule has 1 N–H and O–H groups in total. The van der Waals surface area contributed by atoms with E-state index in [0.29, 0.717) is 24.3 Å². The topological polar surface area (TPSA) is 85.3 Å². The number of carboxylic acid groups (broad SMARTS) is 1. The van der Waals surface area contributed by atoms with Gasteiger partial charge in [0.25, 0.3) is 5.91 Å². The smallest absolute Gasteiger partial charge is 0.311 e. The lowest BCUT2D eigenvalue weighted by Crippen LogP contribution is -2.39. The van der Waals surface area contributed by atoms with Gasteiger partial charge in [0.2, 0.25) is 0 Å². The van der Waals surface area contributed by atoms with Gasteiger partial charge in [-0.3, -0.25) is 9.59 Å². The molecule has 0 aromatic heterocycles. The first kappa shape index (κ1) is 30.0. The van der Waals surface area contributed by atoms with Crippen LogP contribution in [0.3, 0.4) is 0 Å². The second kappa shape index (κ2) is 13.6. The molecule has 218 valence electrons. The van der Waals surface area contributed by atoms with Gasteiger partial charge >= 0.3 is 5.97 Å². The molecule has 3 aromatic rings. The van der Waals surface area contributed by atoms with Gasteiger partial charge in [-0.05, 0) is 90.8 Å². The Bertz CT molecular complexity index is 1310. The predicted octanol–water partition coefficient (Wildman–Crippen LogP) is 6.03. The highest BCUT2D eigenvalue weighted by atomic mass is 16.5. The maximum Gasteiger partial charge on any atom is 0.311 e. The fraction of sp³-hybridized carbons (Fsp3) is 0.412. The van der Waals surface area contributed by atoms with Crippen LogP contribution in [0.5, 0.6) is 17.2 Å². The predicted molar refractivity (Wildman–Crippen MR) is 159 cm³/mol. The van der Waals surface area contributed by atoms with Gasteiger partial charge in [0, 0.05) is 18.5 Å². The molecule has 1 aliphatic heterocycles. The molecule has 2 atom stereocenters. The number of amides is 1. The lowest BCUT2D eigenvalue weighted by Gasteiger charge is -2.36. The molecule has 2 unspecified atom stereocenters. The van der Waals surface area contributed by atoms with E-state index in [-0.39, 0.29) is 12.5 Å². The fourth-order valence-electron chi connectivity index (χ4n) is 6.14. The van der Waals surface area contributed by atoms with E-state index in [0.717, 1.165) is 53.9 Å². The van der Waals surface area contributed by atoms with E-state index in [1.807, 2.05) is 73.3 Å². The number of hydrogen-bond donors (Lipinski definition) is 1. The van der Waals surface area contributed by atoms with Crippen molar-refractivity contribution in [3.05, 3.63) is 89.0 Å². The highest BCUT2D eigenvalue weighted by Crippen LogP contribution is 2.50. The summed E-state index contributed by atoms with van der Waals surface area (Å²) in [5, 5.41) is 10.6. The number of carboxylic acids is 1. The van der Waals surface area contributed by atoms with Crippen molar-refractivity contribution in [1.29, 1.82) is 0 Å². The number of aliphatic carboxylic acids is 1. The average molecular weight is 560 g/mol. The second-order valence-corrected chi connectivity index (χ2v) is 10.4. The van der Waals surface area contributed by atoms with Crippen LogP contribution >= 0.6 is 0 Å². The van der Waals surface area contributed by atoms with Crippen molar-refractivity contribution in [2.45, 2.75) is 57.3 Å². The summed E-state index contributed by atoms with van der Waals surface area (Å²) in [5.74, 6) is 0.350. The summed E-state index contributed by atoms with van der Waals surface area (Å²) in [6.45, 7) is 5.59. The van der Waals surface area contributed by atoms with Crippen molar-refractivity contribution in [3.8, 4) is 17.2 Å². The summed E-state index contributed by atoms with van der Waals surface area (Å²) < 4.78 is 16.6. The van der Waals surface area contributed by atoms with E-state index in [9.17, 15) is 14.7 Å². The Hall–Kier alpha value is -4.00. The third kappa shape index (κ3) is 6.50. The molecule has 1 amide bonds. The largest absolute Gasteiger partial charge is 0.497 e. The number of carbonyl (C=O) groups is 2. The van der Waals surface area contributed by atoms with E-state index in [2.05, 4.69) is 0 Å². The van der Waals surface area contributed by atoms with Crippen molar-refractivity contribution in [1.82, 2.24) is 4.90 Å². The van der Waals surface area contributed by atoms with Gasteiger partial charge < -0.3 is 24.2 Å². The van der Waals surface area contributed by atoms with E-state index < -0.39 is 17.3 Å². The van der Waals surface area contributed by atoms with Crippen molar-refractivity contribution >= 4 is 11.9 Å². The molecule has 0 spiro atoms. The van der Waals surface area contributed by atoms with Crippen LogP contribution in [0.4, 0.5) is 0 Å². The number of piperidine rings is 1. The number of hydrogen-bond acceptors (Lipinski definition) is 5. The highest BCUT2D eigenvalue weighted by Gasteiger charge is 2.49. The maximum atomic E-state index is 13.0. The number of nitrogens with zero attached hydrogens (tertiary/aromatic N) is 1. The quantitative estimate of drug-likeness (QED) is 0.345. The molecule has 41 heavy (non-hydrogen) atoms. The first-order valence-corrected chi connectivity index (χ1v) is 14.5. The van der Waals surface area contributed by atoms with Crippen LogP contribution < -0.4 is 14.2 Å². The van der Waals surface area contributed by atoms with Gasteiger partial charge in [0.1, 0.15) is 17.2 Å².